The average molecular weight is 397 g/mol. The van der Waals surface area contributed by atoms with E-state index in [1.54, 1.807) is 24.3 Å². The highest BCUT2D eigenvalue weighted by atomic mass is 35.5. The third-order valence-corrected chi connectivity index (χ3v) is 6.29. The van der Waals surface area contributed by atoms with Gasteiger partial charge in [-0.1, -0.05) is 17.7 Å². The highest BCUT2D eigenvalue weighted by molar-refractivity contribution is 7.98. The second-order valence-electron chi connectivity index (χ2n) is 5.72. The summed E-state index contributed by atoms with van der Waals surface area (Å²) in [5.41, 5.74) is 0.743. The summed E-state index contributed by atoms with van der Waals surface area (Å²) in [5, 5.41) is 3.05. The Bertz CT molecular complexity index is 912. The van der Waals surface area contributed by atoms with Gasteiger partial charge in [0.2, 0.25) is 10.0 Å². The molecule has 132 valence electrons. The van der Waals surface area contributed by atoms with Crippen molar-refractivity contribution in [3.05, 3.63) is 53.1 Å². The second kappa shape index (κ2) is 7.37. The summed E-state index contributed by atoms with van der Waals surface area (Å²) in [6.45, 7) is 0. The first-order chi connectivity index (χ1) is 11.9. The summed E-state index contributed by atoms with van der Waals surface area (Å²) in [7, 11) is -3.57. The van der Waals surface area contributed by atoms with E-state index >= 15 is 0 Å². The Kier molecular flexibility index (Phi) is 5.38. The van der Waals surface area contributed by atoms with Crippen LogP contribution in [0.4, 0.5) is 5.69 Å². The van der Waals surface area contributed by atoms with Crippen LogP contribution >= 0.6 is 23.4 Å². The normalized spacial score (nSPS) is 14.3. The van der Waals surface area contributed by atoms with Crippen LogP contribution < -0.4 is 10.0 Å². The molecule has 2 aromatic carbocycles. The van der Waals surface area contributed by atoms with Crippen molar-refractivity contribution in [2.24, 2.45) is 0 Å². The number of thioether (sulfide) groups is 1. The van der Waals surface area contributed by atoms with Crippen molar-refractivity contribution in [3.8, 4) is 0 Å². The lowest BCUT2D eigenvalue weighted by atomic mass is 10.2. The third kappa shape index (κ3) is 4.55. The summed E-state index contributed by atoms with van der Waals surface area (Å²) in [5.74, 6) is -0.384. The van der Waals surface area contributed by atoms with E-state index in [4.69, 9.17) is 11.6 Å². The Hall–Kier alpha value is -1.54. The molecule has 0 atom stereocenters. The number of sulfonamides is 1. The molecule has 0 unspecified atom stereocenters. The fraction of sp³-hybridized carbons (Fsp3) is 0.235. The van der Waals surface area contributed by atoms with E-state index in [0.717, 1.165) is 17.7 Å². The molecule has 1 aliphatic rings. The van der Waals surface area contributed by atoms with Gasteiger partial charge in [-0.2, -0.15) is 0 Å². The molecule has 1 aliphatic carbocycles. The van der Waals surface area contributed by atoms with Gasteiger partial charge in [0.05, 0.1) is 15.5 Å². The number of halogens is 1. The molecule has 0 aliphatic heterocycles. The zero-order chi connectivity index (χ0) is 18.0. The van der Waals surface area contributed by atoms with Crippen molar-refractivity contribution in [3.63, 3.8) is 0 Å². The maximum absolute atomic E-state index is 12.5. The van der Waals surface area contributed by atoms with Gasteiger partial charge in [0.15, 0.2) is 0 Å². The molecule has 8 heteroatoms. The van der Waals surface area contributed by atoms with Crippen LogP contribution in [0.25, 0.3) is 0 Å². The molecule has 5 nitrogen and oxygen atoms in total. The van der Waals surface area contributed by atoms with Gasteiger partial charge in [-0.25, -0.2) is 13.1 Å². The second-order valence-corrected chi connectivity index (χ2v) is 8.72. The fourth-order valence-corrected chi connectivity index (χ4v) is 4.23. The lowest BCUT2D eigenvalue weighted by molar-refractivity contribution is 0.102. The highest BCUT2D eigenvalue weighted by Gasteiger charge is 2.28. The first kappa shape index (κ1) is 18.3. The highest BCUT2D eigenvalue weighted by Crippen LogP contribution is 2.25. The Morgan fingerprint density at radius 2 is 1.96 bits per heavy atom. The summed E-state index contributed by atoms with van der Waals surface area (Å²) < 4.78 is 27.2. The van der Waals surface area contributed by atoms with Crippen LogP contribution in [-0.2, 0) is 10.0 Å². The summed E-state index contributed by atoms with van der Waals surface area (Å²) in [6, 6.07) is 11.4. The molecule has 0 heterocycles. The number of benzene rings is 2. The average Bonchev–Trinajstić information content (AvgIpc) is 3.39. The van der Waals surface area contributed by atoms with Crippen molar-refractivity contribution in [1.29, 1.82) is 0 Å². The zero-order valence-corrected chi connectivity index (χ0v) is 15.8. The molecule has 1 saturated carbocycles. The van der Waals surface area contributed by atoms with Crippen LogP contribution in [0, 0.1) is 0 Å². The monoisotopic (exact) mass is 396 g/mol. The molecular formula is C17H17ClN2O3S2. The van der Waals surface area contributed by atoms with Gasteiger partial charge in [-0.3, -0.25) is 4.79 Å². The van der Waals surface area contributed by atoms with Crippen molar-refractivity contribution in [2.75, 3.05) is 11.6 Å². The Balaban J connectivity index is 1.81. The number of carbonyl (C=O) groups excluding carboxylic acids is 1. The van der Waals surface area contributed by atoms with Crippen LogP contribution in [-0.4, -0.2) is 26.6 Å². The maximum atomic E-state index is 12.5. The molecule has 0 saturated heterocycles. The lowest BCUT2D eigenvalue weighted by Gasteiger charge is -2.10. The van der Waals surface area contributed by atoms with Crippen LogP contribution in [0.15, 0.2) is 52.3 Å². The van der Waals surface area contributed by atoms with Crippen molar-refractivity contribution in [1.82, 2.24) is 4.72 Å². The molecular weight excluding hydrogens is 380 g/mol. The maximum Gasteiger partial charge on any atom is 0.257 e. The third-order valence-electron chi connectivity index (χ3n) is 3.72. The van der Waals surface area contributed by atoms with Gasteiger partial charge in [0.25, 0.3) is 5.91 Å². The predicted octanol–water partition coefficient (Wildman–Crippen LogP) is 3.75. The number of anilines is 1. The zero-order valence-electron chi connectivity index (χ0n) is 13.5. The van der Waals surface area contributed by atoms with E-state index in [2.05, 4.69) is 10.0 Å². The van der Waals surface area contributed by atoms with Gasteiger partial charge < -0.3 is 5.32 Å². The standard InChI is InChI=1S/C17H17ClN2O3S2/c1-24-13-7-8-16(18)15(10-13)17(21)19-12-3-2-4-14(9-12)25(22,23)20-11-5-6-11/h2-4,7-11,20H,5-6H2,1H3,(H,19,21). The van der Waals surface area contributed by atoms with Gasteiger partial charge in [-0.15, -0.1) is 11.8 Å². The first-order valence-electron chi connectivity index (χ1n) is 7.66. The number of hydrogen-bond donors (Lipinski definition) is 2. The van der Waals surface area contributed by atoms with Crippen LogP contribution in [0.5, 0.6) is 0 Å². The fourth-order valence-electron chi connectivity index (χ4n) is 2.23. The summed E-state index contributed by atoms with van der Waals surface area (Å²) >= 11 is 7.61. The smallest absolute Gasteiger partial charge is 0.257 e. The molecule has 3 rings (SSSR count). The molecule has 25 heavy (non-hydrogen) atoms. The molecule has 1 amide bonds. The molecule has 0 spiro atoms. The van der Waals surface area contributed by atoms with Gasteiger partial charge in [0.1, 0.15) is 0 Å². The van der Waals surface area contributed by atoms with Crippen LogP contribution in [0.2, 0.25) is 5.02 Å². The van der Waals surface area contributed by atoms with Crippen molar-refractivity contribution in [2.45, 2.75) is 28.7 Å². The van der Waals surface area contributed by atoms with Crippen molar-refractivity contribution < 1.29 is 13.2 Å². The number of amides is 1. The van der Waals surface area contributed by atoms with Crippen LogP contribution in [0.1, 0.15) is 23.2 Å². The topological polar surface area (TPSA) is 75.3 Å². The van der Waals surface area contributed by atoms with E-state index < -0.39 is 10.0 Å². The molecule has 2 N–H and O–H groups in total. The molecule has 0 aromatic heterocycles. The minimum Gasteiger partial charge on any atom is -0.322 e. The van der Waals surface area contributed by atoms with Gasteiger partial charge in [-0.05, 0) is 55.5 Å². The minimum atomic E-state index is -3.57. The van der Waals surface area contributed by atoms with E-state index in [0.29, 0.717) is 16.3 Å². The van der Waals surface area contributed by atoms with Crippen LogP contribution in [0.3, 0.4) is 0 Å². The number of hydrogen-bond acceptors (Lipinski definition) is 4. The van der Waals surface area contributed by atoms with E-state index in [-0.39, 0.29) is 16.8 Å². The van der Waals surface area contributed by atoms with E-state index in [1.807, 2.05) is 12.3 Å². The van der Waals surface area contributed by atoms with E-state index in [1.165, 1.54) is 23.9 Å². The number of rotatable bonds is 6. The van der Waals surface area contributed by atoms with Crippen molar-refractivity contribution >= 4 is 45.0 Å². The molecule has 0 bridgehead atoms. The summed E-state index contributed by atoms with van der Waals surface area (Å²) in [6.07, 6.45) is 3.63. The first-order valence-corrected chi connectivity index (χ1v) is 10.7. The number of carbonyl (C=O) groups is 1. The van der Waals surface area contributed by atoms with Gasteiger partial charge in [0, 0.05) is 16.6 Å². The largest absolute Gasteiger partial charge is 0.322 e. The molecule has 0 radical (unpaired) electrons. The lowest BCUT2D eigenvalue weighted by Crippen LogP contribution is -2.25. The SMILES string of the molecule is CSc1ccc(Cl)c(C(=O)Nc2cccc(S(=O)(=O)NC3CC3)c2)c1. The minimum absolute atomic E-state index is 0.0244. The molecule has 1 fully saturated rings. The summed E-state index contributed by atoms with van der Waals surface area (Å²) in [4.78, 5) is 13.5. The van der Waals surface area contributed by atoms with Gasteiger partial charge >= 0.3 is 0 Å². The Morgan fingerprint density at radius 1 is 1.20 bits per heavy atom. The molecule has 2 aromatic rings. The quantitative estimate of drug-likeness (QED) is 0.729. The predicted molar refractivity (Wildman–Crippen MR) is 101 cm³/mol. The number of nitrogens with one attached hydrogen (secondary N) is 2. The Labute approximate surface area is 156 Å². The Morgan fingerprint density at radius 3 is 2.64 bits per heavy atom. The van der Waals surface area contributed by atoms with E-state index in [9.17, 15) is 13.2 Å².